The van der Waals surface area contributed by atoms with Crippen LogP contribution in [0.3, 0.4) is 0 Å². The number of hydrogen-bond acceptors (Lipinski definition) is 10. The van der Waals surface area contributed by atoms with E-state index in [4.69, 9.17) is 48.6 Å². The minimum Gasteiger partial charge on any atom is -0.394 e. The van der Waals surface area contributed by atoms with Crippen LogP contribution in [0, 0.1) is 0 Å². The van der Waals surface area contributed by atoms with Crippen LogP contribution in [0.15, 0.2) is 0 Å². The molecule has 0 bridgehead atoms. The Bertz CT molecular complexity index is 77.7. The summed E-state index contributed by atoms with van der Waals surface area (Å²) in [5.41, 5.74) is 0. The zero-order valence-electron chi connectivity index (χ0n) is 6.89. The summed E-state index contributed by atoms with van der Waals surface area (Å²) in [5, 5.41) is 15.2. The van der Waals surface area contributed by atoms with E-state index in [1.54, 1.807) is 0 Å². The molecule has 0 unspecified atom stereocenters. The lowest BCUT2D eigenvalue weighted by Gasteiger charge is -1.91. The molecule has 0 aromatic heterocycles. The molecule has 0 aromatic carbocycles. The van der Waals surface area contributed by atoms with E-state index in [0.717, 1.165) is 0 Å². The molecule has 0 heterocycles. The largest absolute Gasteiger partial charge is 0.668 e. The van der Waals surface area contributed by atoms with Crippen LogP contribution in [0.2, 0.25) is 0 Å². The van der Waals surface area contributed by atoms with Crippen molar-refractivity contribution in [2.75, 3.05) is 13.2 Å². The molecule has 0 aliphatic carbocycles. The van der Waals surface area contributed by atoms with Gasteiger partial charge in [-0.15, -0.1) is 0 Å². The van der Waals surface area contributed by atoms with Gasteiger partial charge in [-0.25, -0.2) is 0 Å². The van der Waals surface area contributed by atoms with Crippen molar-refractivity contribution in [2.45, 2.75) is 0 Å². The summed E-state index contributed by atoms with van der Waals surface area (Å²) in [4.78, 5) is 58.6. The second-order valence-corrected chi connectivity index (χ2v) is 4.05. The molecule has 0 saturated carbocycles. The Morgan fingerprint density at radius 1 is 0.500 bits per heavy atom. The molecular weight excluding hydrogens is 240 g/mol. The van der Waals surface area contributed by atoms with Crippen LogP contribution >= 0.6 is 0 Å². The highest BCUT2D eigenvalue weighted by Crippen LogP contribution is 1.67. The monoisotopic (exact) mass is 254 g/mol. The fourth-order valence-electron chi connectivity index (χ4n) is 0. The summed E-state index contributed by atoms with van der Waals surface area (Å²) >= 11 is 0. The average molecular weight is 254 g/mol. The number of aliphatic hydroxyl groups excluding tert-OH is 2. The van der Waals surface area contributed by atoms with Crippen LogP contribution in [-0.2, 0) is 0 Å². The van der Waals surface area contributed by atoms with Gasteiger partial charge < -0.3 is 48.6 Å². The lowest BCUT2D eigenvalue weighted by atomic mass is 10.8. The van der Waals surface area contributed by atoms with E-state index in [1.807, 2.05) is 0 Å². The Kier molecular flexibility index (Phi) is 13.4. The first-order chi connectivity index (χ1) is 5.91. The van der Waals surface area contributed by atoms with E-state index >= 15 is 0 Å². The molecule has 0 saturated heterocycles. The van der Waals surface area contributed by atoms with Crippen molar-refractivity contribution in [1.29, 1.82) is 0 Å². The molecule has 0 aromatic rings. The highest BCUT2D eigenvalue weighted by molar-refractivity contribution is 6.47. The van der Waals surface area contributed by atoms with Crippen molar-refractivity contribution >= 4 is 18.1 Å². The highest BCUT2D eigenvalue weighted by Gasteiger charge is 2.22. The van der Waals surface area contributed by atoms with Crippen LogP contribution in [0.1, 0.15) is 0 Å². The molecule has 0 spiro atoms. The Morgan fingerprint density at radius 3 is 0.571 bits per heavy atom. The lowest BCUT2D eigenvalue weighted by molar-refractivity contribution is 0.115. The molecule has 10 nitrogen and oxygen atoms in total. The normalized spacial score (nSPS) is 10.7. The standard InChI is InChI=1S/C2H6O2.2H4O4Si/c3-1-2-4;2*1-5(2,3)4/h3-4H,1-2H2;2*1-4H. The predicted molar refractivity (Wildman–Crippen MR) is 43.4 cm³/mol. The van der Waals surface area contributed by atoms with E-state index in [9.17, 15) is 0 Å². The molecule has 0 amide bonds. The van der Waals surface area contributed by atoms with Gasteiger partial charge in [0.25, 0.3) is 0 Å². The zero-order chi connectivity index (χ0) is 12.4. The molecule has 12 heteroatoms. The quantitative estimate of drug-likeness (QED) is 0.200. The molecule has 90 valence electrons. The third-order valence-corrected chi connectivity index (χ3v) is 0.1000. The Hall–Kier alpha value is 0.0338. The van der Waals surface area contributed by atoms with Crippen molar-refractivity contribution in [1.82, 2.24) is 0 Å². The molecule has 0 rings (SSSR count). The van der Waals surface area contributed by atoms with E-state index < -0.39 is 18.1 Å². The van der Waals surface area contributed by atoms with Crippen LogP contribution in [0.5, 0.6) is 0 Å². The second-order valence-electron chi connectivity index (χ2n) is 1.65. The maximum Gasteiger partial charge on any atom is 0.668 e. The van der Waals surface area contributed by atoms with Crippen molar-refractivity contribution < 1.29 is 48.6 Å². The summed E-state index contributed by atoms with van der Waals surface area (Å²) in [6, 6.07) is 0. The van der Waals surface area contributed by atoms with Gasteiger partial charge in [-0.2, -0.15) is 0 Å². The van der Waals surface area contributed by atoms with Gasteiger partial charge in [0.05, 0.1) is 13.2 Å². The van der Waals surface area contributed by atoms with E-state index in [-0.39, 0.29) is 13.2 Å². The van der Waals surface area contributed by atoms with Gasteiger partial charge in [0.15, 0.2) is 0 Å². The number of aliphatic hydroxyl groups is 2. The first-order valence-corrected chi connectivity index (χ1v) is 6.50. The van der Waals surface area contributed by atoms with Crippen molar-refractivity contribution in [3.05, 3.63) is 0 Å². The van der Waals surface area contributed by atoms with Gasteiger partial charge in [-0.1, -0.05) is 0 Å². The smallest absolute Gasteiger partial charge is 0.394 e. The Morgan fingerprint density at radius 2 is 0.571 bits per heavy atom. The summed E-state index contributed by atoms with van der Waals surface area (Å²) in [7, 11) is -9.22. The van der Waals surface area contributed by atoms with Crippen LogP contribution in [0.25, 0.3) is 0 Å². The first kappa shape index (κ1) is 19.6. The first-order valence-electron chi connectivity index (χ1n) is 2.92. The highest BCUT2D eigenvalue weighted by atomic mass is 28.4. The van der Waals surface area contributed by atoms with Gasteiger partial charge in [0.1, 0.15) is 0 Å². The molecular formula is C2H14O10Si2. The van der Waals surface area contributed by atoms with Crippen molar-refractivity contribution in [3.8, 4) is 0 Å². The molecule has 0 aliphatic heterocycles. The maximum absolute atomic E-state index is 7.62. The van der Waals surface area contributed by atoms with E-state index in [1.165, 1.54) is 0 Å². The van der Waals surface area contributed by atoms with E-state index in [0.29, 0.717) is 0 Å². The second kappa shape index (κ2) is 9.58. The van der Waals surface area contributed by atoms with Crippen molar-refractivity contribution in [2.24, 2.45) is 0 Å². The van der Waals surface area contributed by atoms with Crippen molar-refractivity contribution in [3.63, 3.8) is 0 Å². The predicted octanol–water partition coefficient (Wildman–Crippen LogP) is -6.25. The summed E-state index contributed by atoms with van der Waals surface area (Å²) in [6.45, 7) is -0.250. The third kappa shape index (κ3) is 1370. The summed E-state index contributed by atoms with van der Waals surface area (Å²) in [5.74, 6) is 0. The number of hydrogen-bond donors (Lipinski definition) is 10. The Balaban J connectivity index is -0.000000131. The fourth-order valence-corrected chi connectivity index (χ4v) is 0. The van der Waals surface area contributed by atoms with Gasteiger partial charge in [-0.05, 0) is 0 Å². The molecule has 14 heavy (non-hydrogen) atoms. The SMILES string of the molecule is OCCO.O[Si](O)(O)O.O[Si](O)(O)O. The van der Waals surface area contributed by atoms with Crippen LogP contribution in [-0.4, -0.2) is 79.9 Å². The minimum absolute atomic E-state index is 0.125. The third-order valence-electron chi connectivity index (χ3n) is 0.1000. The summed E-state index contributed by atoms with van der Waals surface area (Å²) < 4.78 is 0. The Labute approximate surface area is 80.8 Å². The van der Waals surface area contributed by atoms with Gasteiger partial charge in [0.2, 0.25) is 0 Å². The van der Waals surface area contributed by atoms with Crippen LogP contribution < -0.4 is 0 Å². The van der Waals surface area contributed by atoms with Gasteiger partial charge >= 0.3 is 18.1 Å². The van der Waals surface area contributed by atoms with Gasteiger partial charge in [0, 0.05) is 0 Å². The molecule has 0 fully saturated rings. The number of rotatable bonds is 1. The molecule has 10 N–H and O–H groups in total. The molecule has 0 aliphatic rings. The lowest BCUT2D eigenvalue weighted by Crippen LogP contribution is -2.33. The zero-order valence-corrected chi connectivity index (χ0v) is 8.89. The minimum atomic E-state index is -4.61. The fraction of sp³-hybridized carbons (Fsp3) is 1.00. The maximum atomic E-state index is 7.62. The van der Waals surface area contributed by atoms with Gasteiger partial charge in [-0.3, -0.25) is 0 Å². The molecule has 0 atom stereocenters. The molecule has 0 radical (unpaired) electrons. The summed E-state index contributed by atoms with van der Waals surface area (Å²) in [6.07, 6.45) is 0. The van der Waals surface area contributed by atoms with Crippen LogP contribution in [0.4, 0.5) is 0 Å². The average Bonchev–Trinajstić information content (AvgIpc) is 1.79. The topological polar surface area (TPSA) is 202 Å². The van der Waals surface area contributed by atoms with E-state index in [2.05, 4.69) is 0 Å².